The minimum atomic E-state index is -0.893. The van der Waals surface area contributed by atoms with Crippen molar-refractivity contribution >= 4 is 5.97 Å². The number of hydrogen-bond donors (Lipinski definition) is 1. The molecule has 0 aliphatic carbocycles. The number of carboxylic acid groups (broad SMARTS) is 1. The van der Waals surface area contributed by atoms with Gasteiger partial charge in [0.25, 0.3) is 0 Å². The van der Waals surface area contributed by atoms with Crippen LogP contribution in [0.15, 0.2) is 34.9 Å². The summed E-state index contributed by atoms with van der Waals surface area (Å²) in [6, 6.07) is 9.27. The van der Waals surface area contributed by atoms with Gasteiger partial charge >= 0.3 is 5.97 Å². The Morgan fingerprint density at radius 1 is 1.33 bits per heavy atom. The van der Waals surface area contributed by atoms with Gasteiger partial charge in [-0.1, -0.05) is 23.4 Å². The van der Waals surface area contributed by atoms with E-state index in [0.717, 1.165) is 5.75 Å². The predicted molar refractivity (Wildman–Crippen MR) is 61.0 cm³/mol. The van der Waals surface area contributed by atoms with Crippen LogP contribution in [0.2, 0.25) is 0 Å². The Hall–Kier alpha value is -2.37. The third-order valence-electron chi connectivity index (χ3n) is 2.17. The lowest BCUT2D eigenvalue weighted by Gasteiger charge is -2.01. The lowest BCUT2D eigenvalue weighted by Crippen LogP contribution is -1.99. The van der Waals surface area contributed by atoms with E-state index in [9.17, 15) is 4.79 Å². The van der Waals surface area contributed by atoms with Gasteiger partial charge in [-0.05, 0) is 12.1 Å². The van der Waals surface area contributed by atoms with Crippen molar-refractivity contribution in [1.82, 2.24) is 10.1 Å². The molecule has 0 saturated heterocycles. The van der Waals surface area contributed by atoms with Gasteiger partial charge in [0, 0.05) is 6.42 Å². The lowest BCUT2D eigenvalue weighted by atomic mass is 10.3. The van der Waals surface area contributed by atoms with Crippen molar-refractivity contribution in [3.05, 3.63) is 42.0 Å². The van der Waals surface area contributed by atoms with Gasteiger partial charge in [0.2, 0.25) is 11.7 Å². The van der Waals surface area contributed by atoms with Crippen LogP contribution in [0.4, 0.5) is 0 Å². The maximum absolute atomic E-state index is 10.4. The Balaban J connectivity index is 1.85. The van der Waals surface area contributed by atoms with Gasteiger partial charge in [0.15, 0.2) is 6.61 Å². The van der Waals surface area contributed by atoms with E-state index in [0.29, 0.717) is 11.7 Å². The minimum absolute atomic E-state index is 0.0266. The van der Waals surface area contributed by atoms with Crippen LogP contribution in [0.1, 0.15) is 18.1 Å². The molecule has 94 valence electrons. The van der Waals surface area contributed by atoms with Crippen LogP contribution >= 0.6 is 0 Å². The first-order valence-electron chi connectivity index (χ1n) is 5.45. The summed E-state index contributed by atoms with van der Waals surface area (Å²) < 4.78 is 10.3. The van der Waals surface area contributed by atoms with Crippen LogP contribution in [0, 0.1) is 0 Å². The predicted octanol–water partition coefficient (Wildman–Crippen LogP) is 1.67. The average molecular weight is 248 g/mol. The van der Waals surface area contributed by atoms with Crippen molar-refractivity contribution in [3.8, 4) is 5.75 Å². The molecule has 1 aromatic heterocycles. The normalized spacial score (nSPS) is 10.2. The molecule has 0 aliphatic heterocycles. The van der Waals surface area contributed by atoms with Crippen molar-refractivity contribution in [2.24, 2.45) is 0 Å². The molecule has 0 radical (unpaired) electrons. The van der Waals surface area contributed by atoms with E-state index in [1.54, 1.807) is 0 Å². The van der Waals surface area contributed by atoms with E-state index in [1.807, 2.05) is 30.3 Å². The van der Waals surface area contributed by atoms with E-state index in [-0.39, 0.29) is 19.4 Å². The summed E-state index contributed by atoms with van der Waals surface area (Å²) in [5.74, 6) is 0.535. The Morgan fingerprint density at radius 3 is 2.83 bits per heavy atom. The average Bonchev–Trinajstić information content (AvgIpc) is 2.83. The van der Waals surface area contributed by atoms with Crippen molar-refractivity contribution in [2.45, 2.75) is 19.4 Å². The second kappa shape index (κ2) is 5.81. The van der Waals surface area contributed by atoms with Crippen LogP contribution < -0.4 is 4.74 Å². The van der Waals surface area contributed by atoms with E-state index in [1.165, 1.54) is 0 Å². The molecule has 1 aromatic carbocycles. The van der Waals surface area contributed by atoms with Crippen LogP contribution in [-0.4, -0.2) is 21.2 Å². The first kappa shape index (κ1) is 12.1. The molecule has 0 amide bonds. The fraction of sp³-hybridized carbons (Fsp3) is 0.250. The molecule has 2 rings (SSSR count). The van der Waals surface area contributed by atoms with Crippen LogP contribution in [-0.2, 0) is 17.8 Å². The van der Waals surface area contributed by atoms with E-state index < -0.39 is 5.97 Å². The van der Waals surface area contributed by atoms with E-state index in [2.05, 4.69) is 10.1 Å². The highest BCUT2D eigenvalue weighted by atomic mass is 16.5. The highest BCUT2D eigenvalue weighted by Gasteiger charge is 2.08. The summed E-state index contributed by atoms with van der Waals surface area (Å²) in [6.07, 6.45) is 0.203. The van der Waals surface area contributed by atoms with Crippen molar-refractivity contribution < 1.29 is 19.2 Å². The van der Waals surface area contributed by atoms with Gasteiger partial charge in [-0.3, -0.25) is 4.79 Å². The number of para-hydroxylation sites is 1. The number of benzene rings is 1. The van der Waals surface area contributed by atoms with Crippen LogP contribution in [0.3, 0.4) is 0 Å². The fourth-order valence-corrected chi connectivity index (χ4v) is 1.33. The number of aromatic nitrogens is 2. The molecular formula is C12H12N2O4. The van der Waals surface area contributed by atoms with Gasteiger partial charge < -0.3 is 14.4 Å². The van der Waals surface area contributed by atoms with Gasteiger partial charge in [-0.15, -0.1) is 0 Å². The monoisotopic (exact) mass is 248 g/mol. The zero-order chi connectivity index (χ0) is 12.8. The van der Waals surface area contributed by atoms with Crippen LogP contribution in [0.5, 0.6) is 5.75 Å². The summed E-state index contributed by atoms with van der Waals surface area (Å²) in [5.41, 5.74) is 0. The molecule has 1 N–H and O–H groups in total. The van der Waals surface area contributed by atoms with Gasteiger partial charge in [-0.2, -0.15) is 4.98 Å². The Bertz CT molecular complexity index is 510. The second-order valence-corrected chi connectivity index (χ2v) is 3.60. The summed E-state index contributed by atoms with van der Waals surface area (Å²) >= 11 is 0. The SMILES string of the molecule is O=C(O)CCc1nc(COc2ccccc2)no1. The molecular weight excluding hydrogens is 236 g/mol. The van der Waals surface area contributed by atoms with Crippen molar-refractivity contribution in [2.75, 3.05) is 0 Å². The molecule has 1 heterocycles. The fourth-order valence-electron chi connectivity index (χ4n) is 1.33. The molecule has 0 saturated carbocycles. The Kier molecular flexibility index (Phi) is 3.90. The van der Waals surface area contributed by atoms with Gasteiger partial charge in [0.05, 0.1) is 6.42 Å². The number of nitrogens with zero attached hydrogens (tertiary/aromatic N) is 2. The van der Waals surface area contributed by atoms with Crippen molar-refractivity contribution in [3.63, 3.8) is 0 Å². The van der Waals surface area contributed by atoms with Crippen LogP contribution in [0.25, 0.3) is 0 Å². The largest absolute Gasteiger partial charge is 0.485 e. The standard InChI is InChI=1S/C12H12N2O4/c15-12(16)7-6-11-13-10(14-18-11)8-17-9-4-2-1-3-5-9/h1-5H,6-8H2,(H,15,16). The van der Waals surface area contributed by atoms with Gasteiger partial charge in [0.1, 0.15) is 5.75 Å². The first-order chi connectivity index (χ1) is 8.74. The van der Waals surface area contributed by atoms with E-state index >= 15 is 0 Å². The summed E-state index contributed by atoms with van der Waals surface area (Å²) in [5, 5.41) is 12.2. The highest BCUT2D eigenvalue weighted by molar-refractivity contribution is 5.66. The van der Waals surface area contributed by atoms with E-state index in [4.69, 9.17) is 14.4 Å². The minimum Gasteiger partial charge on any atom is -0.485 e. The van der Waals surface area contributed by atoms with Gasteiger partial charge in [-0.25, -0.2) is 0 Å². The topological polar surface area (TPSA) is 85.5 Å². The Morgan fingerprint density at radius 2 is 2.11 bits per heavy atom. The smallest absolute Gasteiger partial charge is 0.303 e. The van der Waals surface area contributed by atoms with Crippen molar-refractivity contribution in [1.29, 1.82) is 0 Å². The number of rotatable bonds is 6. The molecule has 2 aromatic rings. The number of carboxylic acids is 1. The molecule has 0 atom stereocenters. The quantitative estimate of drug-likeness (QED) is 0.836. The third kappa shape index (κ3) is 3.58. The number of hydrogen-bond acceptors (Lipinski definition) is 5. The second-order valence-electron chi connectivity index (χ2n) is 3.60. The number of ether oxygens (including phenoxy) is 1. The summed E-state index contributed by atoms with van der Waals surface area (Å²) in [4.78, 5) is 14.4. The molecule has 0 fully saturated rings. The molecule has 0 bridgehead atoms. The number of carbonyl (C=O) groups is 1. The molecule has 0 unspecified atom stereocenters. The molecule has 18 heavy (non-hydrogen) atoms. The Labute approximate surface area is 103 Å². The third-order valence-corrected chi connectivity index (χ3v) is 2.17. The molecule has 0 spiro atoms. The number of aryl methyl sites for hydroxylation is 1. The zero-order valence-corrected chi connectivity index (χ0v) is 9.57. The lowest BCUT2D eigenvalue weighted by molar-refractivity contribution is -0.137. The zero-order valence-electron chi connectivity index (χ0n) is 9.57. The summed E-state index contributed by atoms with van der Waals surface area (Å²) in [6.45, 7) is 0.195. The number of aliphatic carboxylic acids is 1. The maximum atomic E-state index is 10.4. The molecule has 6 heteroatoms. The molecule has 6 nitrogen and oxygen atoms in total. The maximum Gasteiger partial charge on any atom is 0.303 e. The highest BCUT2D eigenvalue weighted by Crippen LogP contribution is 2.10. The summed E-state index contributed by atoms with van der Waals surface area (Å²) in [7, 11) is 0. The first-order valence-corrected chi connectivity index (χ1v) is 5.45. The molecule has 0 aliphatic rings.